The summed E-state index contributed by atoms with van der Waals surface area (Å²) in [6.07, 6.45) is 0.731. The van der Waals surface area contributed by atoms with E-state index in [-0.39, 0.29) is 11.8 Å². The Balaban J connectivity index is 1.68. The molecule has 0 radical (unpaired) electrons. The van der Waals surface area contributed by atoms with Gasteiger partial charge in [-0.05, 0) is 42.8 Å². The van der Waals surface area contributed by atoms with Crippen molar-refractivity contribution in [1.29, 1.82) is 0 Å². The number of hydrogen-bond donors (Lipinski definition) is 0. The first kappa shape index (κ1) is 21.5. The smallest absolute Gasteiger partial charge is 0.254 e. The zero-order chi connectivity index (χ0) is 21.7. The van der Waals surface area contributed by atoms with Crippen LogP contribution in [0.25, 0.3) is 0 Å². The number of rotatable bonds is 5. The second-order valence-corrected chi connectivity index (χ2v) is 7.48. The Hall–Kier alpha value is -3.22. The molecule has 2 aromatic carbocycles. The highest BCUT2D eigenvalue weighted by atomic mass is 16.5. The number of hydrogen-bond acceptors (Lipinski definition) is 5. The van der Waals surface area contributed by atoms with Crippen LogP contribution in [0.1, 0.15) is 27.1 Å². The summed E-state index contributed by atoms with van der Waals surface area (Å²) in [6.45, 7) is 2.21. The molecule has 0 spiro atoms. The molecule has 3 rings (SSSR count). The number of methoxy groups -OCH3 is 2. The van der Waals surface area contributed by atoms with Crippen LogP contribution >= 0.6 is 0 Å². The molecule has 30 heavy (non-hydrogen) atoms. The predicted octanol–water partition coefficient (Wildman–Crippen LogP) is 2.76. The fourth-order valence-electron chi connectivity index (χ4n) is 3.52. The number of benzene rings is 2. The van der Waals surface area contributed by atoms with Gasteiger partial charge in [-0.1, -0.05) is 0 Å². The van der Waals surface area contributed by atoms with Crippen molar-refractivity contribution in [2.75, 3.05) is 59.4 Å². The lowest BCUT2D eigenvalue weighted by Crippen LogP contribution is -2.37. The van der Waals surface area contributed by atoms with Crippen molar-refractivity contribution in [3.05, 3.63) is 53.6 Å². The molecule has 2 amide bonds. The lowest BCUT2D eigenvalue weighted by molar-refractivity contribution is 0.0718. The van der Waals surface area contributed by atoms with E-state index < -0.39 is 0 Å². The number of ether oxygens (including phenoxy) is 2. The largest absolute Gasteiger partial charge is 0.497 e. The van der Waals surface area contributed by atoms with Gasteiger partial charge < -0.3 is 24.2 Å². The topological polar surface area (TPSA) is 62.3 Å². The van der Waals surface area contributed by atoms with Crippen molar-refractivity contribution in [3.63, 3.8) is 0 Å². The molecule has 1 heterocycles. The first-order valence-corrected chi connectivity index (χ1v) is 10.0. The molecule has 1 saturated heterocycles. The first-order valence-electron chi connectivity index (χ1n) is 10.0. The van der Waals surface area contributed by atoms with Crippen LogP contribution in [0, 0.1) is 0 Å². The summed E-state index contributed by atoms with van der Waals surface area (Å²) in [5.74, 6) is 1.06. The first-order chi connectivity index (χ1) is 14.4. The van der Waals surface area contributed by atoms with E-state index in [0.29, 0.717) is 48.8 Å². The molecular weight excluding hydrogens is 382 g/mol. The van der Waals surface area contributed by atoms with Crippen molar-refractivity contribution in [3.8, 4) is 11.5 Å². The maximum atomic E-state index is 13.0. The Kier molecular flexibility index (Phi) is 6.82. The summed E-state index contributed by atoms with van der Waals surface area (Å²) in [5.41, 5.74) is 2.23. The molecule has 160 valence electrons. The fraction of sp³-hybridized carbons (Fsp3) is 0.391. The molecule has 0 unspecified atom stereocenters. The average molecular weight is 412 g/mol. The van der Waals surface area contributed by atoms with Crippen molar-refractivity contribution in [2.24, 2.45) is 0 Å². The normalized spacial score (nSPS) is 14.1. The maximum Gasteiger partial charge on any atom is 0.254 e. The predicted molar refractivity (Wildman–Crippen MR) is 117 cm³/mol. The molecule has 7 heteroatoms. The number of amides is 2. The molecule has 1 fully saturated rings. The van der Waals surface area contributed by atoms with Crippen molar-refractivity contribution in [2.45, 2.75) is 6.42 Å². The molecule has 7 nitrogen and oxygen atoms in total. The molecule has 0 bridgehead atoms. The molecule has 0 aliphatic carbocycles. The highest BCUT2D eigenvalue weighted by Crippen LogP contribution is 2.24. The maximum absolute atomic E-state index is 13.0. The number of carbonyl (C=O) groups is 2. The fourth-order valence-corrected chi connectivity index (χ4v) is 3.52. The van der Waals surface area contributed by atoms with Crippen LogP contribution in [0.3, 0.4) is 0 Å². The average Bonchev–Trinajstić information content (AvgIpc) is 3.04. The summed E-state index contributed by atoms with van der Waals surface area (Å²) in [6, 6.07) is 12.8. The quantitative estimate of drug-likeness (QED) is 0.757. The number of nitrogens with zero attached hydrogens (tertiary/aromatic N) is 3. The Labute approximate surface area is 177 Å². The van der Waals surface area contributed by atoms with Gasteiger partial charge >= 0.3 is 0 Å². The third-order valence-corrected chi connectivity index (χ3v) is 5.30. The SMILES string of the molecule is COc1cc(OC)cc(C(=O)N2CCCN(C(=O)c3ccc(N(C)C)cc3)CC2)c1. The van der Waals surface area contributed by atoms with Gasteiger partial charge in [-0.25, -0.2) is 0 Å². The molecule has 1 aliphatic heterocycles. The zero-order valence-corrected chi connectivity index (χ0v) is 18.1. The number of carbonyl (C=O) groups excluding carboxylic acids is 2. The van der Waals surface area contributed by atoms with Crippen molar-refractivity contribution >= 4 is 17.5 Å². The van der Waals surface area contributed by atoms with Gasteiger partial charge in [0.25, 0.3) is 11.8 Å². The lowest BCUT2D eigenvalue weighted by atomic mass is 10.1. The minimum atomic E-state index is -0.0863. The van der Waals surface area contributed by atoms with E-state index in [1.807, 2.05) is 48.2 Å². The van der Waals surface area contributed by atoms with Crippen LogP contribution < -0.4 is 14.4 Å². The highest BCUT2D eigenvalue weighted by Gasteiger charge is 2.24. The van der Waals surface area contributed by atoms with Crippen molar-refractivity contribution < 1.29 is 19.1 Å². The van der Waals surface area contributed by atoms with E-state index in [9.17, 15) is 9.59 Å². The van der Waals surface area contributed by atoms with Crippen LogP contribution in [0.5, 0.6) is 11.5 Å². The second kappa shape index (κ2) is 9.52. The summed E-state index contributed by atoms with van der Waals surface area (Å²) >= 11 is 0. The van der Waals surface area contributed by atoms with Crippen molar-refractivity contribution in [1.82, 2.24) is 9.80 Å². The minimum absolute atomic E-state index is 0.00217. The Bertz CT molecular complexity index is 874. The van der Waals surface area contributed by atoms with Crippen LogP contribution in [-0.2, 0) is 0 Å². The molecule has 0 N–H and O–H groups in total. The van der Waals surface area contributed by atoms with E-state index in [0.717, 1.165) is 12.1 Å². The van der Waals surface area contributed by atoms with E-state index in [4.69, 9.17) is 9.47 Å². The minimum Gasteiger partial charge on any atom is -0.497 e. The Morgan fingerprint density at radius 2 is 1.27 bits per heavy atom. The van der Waals surface area contributed by atoms with Gasteiger partial charge in [0.15, 0.2) is 0 Å². The zero-order valence-electron chi connectivity index (χ0n) is 18.1. The van der Waals surface area contributed by atoms with Gasteiger partial charge in [-0.2, -0.15) is 0 Å². The van der Waals surface area contributed by atoms with Gasteiger partial charge in [0.2, 0.25) is 0 Å². The lowest BCUT2D eigenvalue weighted by Gasteiger charge is -2.23. The third kappa shape index (κ3) is 4.84. The summed E-state index contributed by atoms with van der Waals surface area (Å²) in [5, 5.41) is 0. The van der Waals surface area contributed by atoms with E-state index in [1.54, 1.807) is 37.3 Å². The van der Waals surface area contributed by atoms with Crippen LogP contribution in [0.4, 0.5) is 5.69 Å². The molecule has 0 atom stereocenters. The second-order valence-electron chi connectivity index (χ2n) is 7.48. The molecule has 0 aromatic heterocycles. The molecule has 0 saturated carbocycles. The van der Waals surface area contributed by atoms with Crippen LogP contribution in [0.15, 0.2) is 42.5 Å². The summed E-state index contributed by atoms with van der Waals surface area (Å²) in [7, 11) is 7.05. The van der Waals surface area contributed by atoms with Gasteiger partial charge in [-0.15, -0.1) is 0 Å². The van der Waals surface area contributed by atoms with E-state index in [2.05, 4.69) is 0 Å². The monoisotopic (exact) mass is 411 g/mol. The van der Waals surface area contributed by atoms with Crippen LogP contribution in [0.2, 0.25) is 0 Å². The van der Waals surface area contributed by atoms with Crippen LogP contribution in [-0.4, -0.2) is 76.1 Å². The van der Waals surface area contributed by atoms with Gasteiger partial charge in [-0.3, -0.25) is 9.59 Å². The Morgan fingerprint density at radius 3 is 1.73 bits per heavy atom. The van der Waals surface area contributed by atoms with Gasteiger partial charge in [0.05, 0.1) is 14.2 Å². The van der Waals surface area contributed by atoms with Gasteiger partial charge in [0.1, 0.15) is 11.5 Å². The third-order valence-electron chi connectivity index (χ3n) is 5.30. The molecule has 2 aromatic rings. The standard InChI is InChI=1S/C23H29N3O4/c1-24(2)19-8-6-17(7-9-19)22(27)25-10-5-11-26(13-12-25)23(28)18-14-20(29-3)16-21(15-18)30-4/h6-9,14-16H,5,10-13H2,1-4H3. The number of anilines is 1. The molecular formula is C23H29N3O4. The van der Waals surface area contributed by atoms with E-state index >= 15 is 0 Å². The summed E-state index contributed by atoms with van der Waals surface area (Å²) < 4.78 is 10.5. The van der Waals surface area contributed by atoms with E-state index in [1.165, 1.54) is 0 Å². The Morgan fingerprint density at radius 1 is 0.767 bits per heavy atom. The summed E-state index contributed by atoms with van der Waals surface area (Å²) in [4.78, 5) is 31.6. The highest BCUT2D eigenvalue weighted by molar-refractivity contribution is 5.96. The molecule has 1 aliphatic rings. The van der Waals surface area contributed by atoms with Gasteiger partial charge in [0, 0.05) is 63.2 Å².